The van der Waals surface area contributed by atoms with Crippen molar-refractivity contribution >= 4 is 0 Å². The van der Waals surface area contributed by atoms with E-state index in [1.165, 1.54) is 11.3 Å². The van der Waals surface area contributed by atoms with Gasteiger partial charge in [0.2, 0.25) is 0 Å². The second-order valence-corrected chi connectivity index (χ2v) is 17.0. The van der Waals surface area contributed by atoms with Gasteiger partial charge in [-0.3, -0.25) is 14.0 Å². The Labute approximate surface area is 333 Å². The Morgan fingerprint density at radius 2 is 0.982 bits per heavy atom. The third-order valence-corrected chi connectivity index (χ3v) is 8.37. The molecule has 0 bridgehead atoms. The van der Waals surface area contributed by atoms with Gasteiger partial charge in [0, 0.05) is 48.7 Å². The first-order chi connectivity index (χ1) is 25.5. The van der Waals surface area contributed by atoms with Crippen LogP contribution in [-0.4, -0.2) is 64.3 Å². The van der Waals surface area contributed by atoms with Crippen LogP contribution in [0.25, 0.3) is 0 Å². The number of hydrogen-bond donors (Lipinski definition) is 0. The lowest BCUT2D eigenvalue weighted by molar-refractivity contribution is 0.461. The van der Waals surface area contributed by atoms with Crippen LogP contribution in [0.15, 0.2) is 43.4 Å². The lowest BCUT2D eigenvalue weighted by Crippen LogP contribution is -2.05. The molecule has 0 atom stereocenters. The summed E-state index contributed by atoms with van der Waals surface area (Å²) in [5, 5.41) is 29.5. The minimum absolute atomic E-state index is 0.363. The lowest BCUT2D eigenvalue weighted by atomic mass is 10.1. The fraction of sp³-hybridized carbons (Fsp3) is 0.714. The van der Waals surface area contributed by atoms with Crippen LogP contribution in [0.4, 0.5) is 0 Å². The van der Waals surface area contributed by atoms with Crippen molar-refractivity contribution in [3.63, 3.8) is 0 Å². The van der Waals surface area contributed by atoms with Gasteiger partial charge in [0.25, 0.3) is 0 Å². The Morgan fingerprint density at radius 3 is 1.25 bits per heavy atom. The first-order valence-electron chi connectivity index (χ1n) is 20.4. The maximum Gasteiger partial charge on any atom is 0.153 e. The Kier molecular flexibility index (Phi) is 21.0. The van der Waals surface area contributed by atoms with Gasteiger partial charge in [0.05, 0.1) is 35.5 Å². The van der Waals surface area contributed by atoms with E-state index in [-0.39, 0.29) is 0 Å². The molecule has 5 aromatic rings. The van der Waals surface area contributed by atoms with E-state index in [9.17, 15) is 0 Å². The Morgan fingerprint density at radius 1 is 0.436 bits per heavy atom. The van der Waals surface area contributed by atoms with Crippen LogP contribution in [-0.2, 0) is 0 Å². The summed E-state index contributed by atoms with van der Waals surface area (Å²) in [4.78, 5) is 5.93. The average Bonchev–Trinajstić information content (AvgIpc) is 3.95. The highest BCUT2D eigenvalue weighted by Gasteiger charge is 2.09. The summed E-state index contributed by atoms with van der Waals surface area (Å²) in [6.45, 7) is 42.4. The number of hydrogen-bond acceptors (Lipinski definition) is 8. The normalized spacial score (nSPS) is 11.5. The molecule has 0 amide bonds. The van der Waals surface area contributed by atoms with Crippen molar-refractivity contribution in [3.8, 4) is 0 Å². The molecule has 0 saturated heterocycles. The quantitative estimate of drug-likeness (QED) is 0.137. The van der Waals surface area contributed by atoms with E-state index in [2.05, 4.69) is 192 Å². The van der Waals surface area contributed by atoms with E-state index in [0.717, 1.165) is 17.2 Å². The number of aromatic nitrogens is 13. The molecule has 0 spiro atoms. The van der Waals surface area contributed by atoms with E-state index in [1.807, 2.05) is 43.5 Å². The third kappa shape index (κ3) is 17.5. The largest absolute Gasteiger partial charge is 0.270 e. The molecule has 5 heterocycles. The zero-order valence-electron chi connectivity index (χ0n) is 38.1. The topological polar surface area (TPSA) is 128 Å². The highest BCUT2D eigenvalue weighted by atomic mass is 15.5. The van der Waals surface area contributed by atoms with Crippen molar-refractivity contribution in [2.75, 3.05) is 0 Å². The zero-order chi connectivity index (χ0) is 42.2. The molecule has 13 heteroatoms. The van der Waals surface area contributed by atoms with Crippen molar-refractivity contribution < 1.29 is 0 Å². The smallest absolute Gasteiger partial charge is 0.153 e. The minimum atomic E-state index is 0.363. The van der Waals surface area contributed by atoms with Crippen LogP contribution in [0.1, 0.15) is 227 Å². The second kappa shape index (κ2) is 23.7. The van der Waals surface area contributed by atoms with Gasteiger partial charge in [0.15, 0.2) is 5.82 Å². The highest BCUT2D eigenvalue weighted by molar-refractivity contribution is 5.09. The van der Waals surface area contributed by atoms with Gasteiger partial charge in [0.1, 0.15) is 6.33 Å². The molecule has 0 aromatic carbocycles. The molecule has 310 valence electrons. The summed E-state index contributed by atoms with van der Waals surface area (Å²) in [7, 11) is 0. The minimum Gasteiger partial charge on any atom is -0.270 e. The molecule has 0 radical (unpaired) electrons. The first kappa shape index (κ1) is 48.9. The van der Waals surface area contributed by atoms with E-state index < -0.39 is 0 Å². The first-order valence-corrected chi connectivity index (χ1v) is 20.4. The molecule has 0 aliphatic rings. The summed E-state index contributed by atoms with van der Waals surface area (Å²) in [5.74, 6) is 3.43. The van der Waals surface area contributed by atoms with Gasteiger partial charge in [-0.25, -0.2) is 9.67 Å². The molecule has 0 fully saturated rings. The molecule has 5 aromatic heterocycles. The van der Waals surface area contributed by atoms with Crippen LogP contribution in [0.2, 0.25) is 0 Å². The number of nitrogens with zero attached hydrogens (tertiary/aromatic N) is 13. The highest BCUT2D eigenvalue weighted by Crippen LogP contribution is 2.16. The summed E-state index contributed by atoms with van der Waals surface area (Å²) in [5.41, 5.74) is 4.63. The van der Waals surface area contributed by atoms with Crippen LogP contribution >= 0.6 is 0 Å². The summed E-state index contributed by atoms with van der Waals surface area (Å²) in [6, 6.07) is 4.22. The predicted octanol–water partition coefficient (Wildman–Crippen LogP) is 11.1. The lowest BCUT2D eigenvalue weighted by Gasteiger charge is -2.04. The van der Waals surface area contributed by atoms with Gasteiger partial charge in [-0.05, 0) is 105 Å². The van der Waals surface area contributed by atoms with Crippen molar-refractivity contribution in [2.45, 2.75) is 198 Å². The molecule has 0 N–H and O–H groups in total. The van der Waals surface area contributed by atoms with Gasteiger partial charge in [-0.2, -0.15) is 30.3 Å². The fourth-order valence-corrected chi connectivity index (χ4v) is 4.29. The van der Waals surface area contributed by atoms with E-state index in [4.69, 9.17) is 0 Å². The summed E-state index contributed by atoms with van der Waals surface area (Å²) in [6.07, 6.45) is 11.8. The molecular weight excluding hydrogens is 687 g/mol. The Bertz CT molecular complexity index is 1300. The molecule has 5 rings (SSSR count). The van der Waals surface area contributed by atoms with Gasteiger partial charge in [-0.1, -0.05) is 74.5 Å². The van der Waals surface area contributed by atoms with Crippen LogP contribution in [0.3, 0.4) is 0 Å². The van der Waals surface area contributed by atoms with Crippen LogP contribution in [0.5, 0.6) is 0 Å². The standard InChI is InChI=1S/2C9H16N2.3C8H15N3/c1-7(2)9-5-10-11(6-9)8(3)4;1-7(2)9-5-6-11(10-9)8(3)4;1-6(2)8-9-5-11(10-8)7(3)4;1-6(2)8-5-11(7(3)4)10-9-8;1-6(2)8-5-9-11(10-8)7(3)4/h2*5-8H,1-4H3;3*5-7H,1-4H3. The second-order valence-electron chi connectivity index (χ2n) is 17.0. The van der Waals surface area contributed by atoms with E-state index >= 15 is 0 Å². The molecule has 0 unspecified atom stereocenters. The molecule has 0 aliphatic carbocycles. The molecule has 55 heavy (non-hydrogen) atoms. The fourth-order valence-electron chi connectivity index (χ4n) is 4.29. The van der Waals surface area contributed by atoms with Gasteiger partial charge in [-0.15, -0.1) is 5.10 Å². The molecular formula is C42H77N13. The van der Waals surface area contributed by atoms with E-state index in [1.54, 1.807) is 11.1 Å². The maximum absolute atomic E-state index is 4.43. The Balaban J connectivity index is 0.000000344. The Hall–Kier alpha value is -4.16. The van der Waals surface area contributed by atoms with Crippen LogP contribution < -0.4 is 0 Å². The maximum atomic E-state index is 4.43. The van der Waals surface area contributed by atoms with Crippen molar-refractivity contribution in [1.29, 1.82) is 0 Å². The summed E-state index contributed by atoms with van der Waals surface area (Å²) >= 11 is 0. The summed E-state index contributed by atoms with van der Waals surface area (Å²) < 4.78 is 7.76. The average molecular weight is 764 g/mol. The zero-order valence-corrected chi connectivity index (χ0v) is 38.1. The number of rotatable bonds is 10. The van der Waals surface area contributed by atoms with Crippen molar-refractivity contribution in [2.24, 2.45) is 0 Å². The predicted molar refractivity (Wildman–Crippen MR) is 227 cm³/mol. The molecule has 0 saturated carbocycles. The van der Waals surface area contributed by atoms with Gasteiger partial charge < -0.3 is 0 Å². The SMILES string of the molecule is CC(C)c1ccn(C(C)C)n1.CC(C)c1cn(C(C)C)nn1.CC(C)c1cnn(C(C)C)c1.CC(C)c1cnn(C(C)C)n1.CC(C)c1ncn(C(C)C)n1. The van der Waals surface area contributed by atoms with Crippen molar-refractivity contribution in [3.05, 3.63) is 71.8 Å². The monoisotopic (exact) mass is 764 g/mol. The molecule has 0 aliphatic heterocycles. The van der Waals surface area contributed by atoms with Crippen LogP contribution in [0, 0.1) is 0 Å². The van der Waals surface area contributed by atoms with Crippen molar-refractivity contribution in [1.82, 2.24) is 64.3 Å². The van der Waals surface area contributed by atoms with Gasteiger partial charge >= 0.3 is 0 Å². The van der Waals surface area contributed by atoms with E-state index in [0.29, 0.717) is 59.8 Å². The molecule has 13 nitrogen and oxygen atoms in total. The third-order valence-electron chi connectivity index (χ3n) is 8.37.